The van der Waals surface area contributed by atoms with Gasteiger partial charge in [0.25, 0.3) is 0 Å². The number of unbranched alkanes of at least 4 members (excludes halogenated alkanes) is 9. The number of hydrogen-bond donors (Lipinski definition) is 0. The zero-order chi connectivity index (χ0) is 16.9. The molecule has 1 aromatic rings. The largest absolute Gasteiger partial charge is 0.0654 e. The summed E-state index contributed by atoms with van der Waals surface area (Å²) in [6, 6.07) is 9.64. The normalized spacial score (nSPS) is 15.7. The van der Waals surface area contributed by atoms with Crippen LogP contribution in [0.3, 0.4) is 0 Å². The van der Waals surface area contributed by atoms with E-state index in [4.69, 9.17) is 0 Å². The maximum atomic E-state index is 2.42. The maximum Gasteiger partial charge on any atom is -0.0162 e. The minimum Gasteiger partial charge on any atom is -0.0654 e. The van der Waals surface area contributed by atoms with Gasteiger partial charge < -0.3 is 0 Å². The van der Waals surface area contributed by atoms with Gasteiger partial charge in [0, 0.05) is 0 Å². The minimum atomic E-state index is 0.852. The molecule has 1 aromatic carbocycles. The SMILES string of the molecule is CCCCCCCCCCCCc1ccc(C2CCCCC2)cc1. The summed E-state index contributed by atoms with van der Waals surface area (Å²) in [5, 5.41) is 0. The van der Waals surface area contributed by atoms with Crippen molar-refractivity contribution in [2.45, 2.75) is 116 Å². The molecule has 0 nitrogen and oxygen atoms in total. The zero-order valence-corrected chi connectivity index (χ0v) is 16.2. The molecule has 0 heteroatoms. The van der Waals surface area contributed by atoms with Gasteiger partial charge in [0.15, 0.2) is 0 Å². The first-order valence-corrected chi connectivity index (χ1v) is 11.0. The number of benzene rings is 1. The van der Waals surface area contributed by atoms with Crippen LogP contribution in [-0.4, -0.2) is 0 Å². The lowest BCUT2D eigenvalue weighted by molar-refractivity contribution is 0.443. The second kappa shape index (κ2) is 12.6. The third kappa shape index (κ3) is 7.86. The number of aryl methyl sites for hydroxylation is 1. The Hall–Kier alpha value is -0.780. The lowest BCUT2D eigenvalue weighted by atomic mass is 9.84. The molecule has 0 atom stereocenters. The summed E-state index contributed by atoms with van der Waals surface area (Å²) in [5.74, 6) is 0.852. The average molecular weight is 329 g/mol. The van der Waals surface area contributed by atoms with E-state index in [1.165, 1.54) is 103 Å². The van der Waals surface area contributed by atoms with E-state index in [1.54, 1.807) is 11.1 Å². The standard InChI is InChI=1S/C24H40/c1-2-3-4-5-6-7-8-9-10-12-15-22-18-20-24(21-19-22)23-16-13-11-14-17-23/h18-21,23H,2-17H2,1H3. The topological polar surface area (TPSA) is 0 Å². The Morgan fingerprint density at radius 3 is 1.79 bits per heavy atom. The summed E-state index contributed by atoms with van der Waals surface area (Å²) in [6.07, 6.45) is 22.7. The van der Waals surface area contributed by atoms with Gasteiger partial charge in [0.2, 0.25) is 0 Å². The Morgan fingerprint density at radius 2 is 1.21 bits per heavy atom. The molecule has 1 saturated carbocycles. The van der Waals surface area contributed by atoms with Gasteiger partial charge in [-0.2, -0.15) is 0 Å². The van der Waals surface area contributed by atoms with E-state index >= 15 is 0 Å². The van der Waals surface area contributed by atoms with Gasteiger partial charge in [0.1, 0.15) is 0 Å². The van der Waals surface area contributed by atoms with Crippen molar-refractivity contribution in [2.24, 2.45) is 0 Å². The van der Waals surface area contributed by atoms with Crippen molar-refractivity contribution in [3.05, 3.63) is 35.4 Å². The van der Waals surface area contributed by atoms with Gasteiger partial charge in [-0.1, -0.05) is 108 Å². The predicted octanol–water partition coefficient (Wildman–Crippen LogP) is 8.20. The van der Waals surface area contributed by atoms with Crippen molar-refractivity contribution in [3.63, 3.8) is 0 Å². The molecular formula is C24H40. The highest BCUT2D eigenvalue weighted by Crippen LogP contribution is 2.32. The van der Waals surface area contributed by atoms with E-state index in [9.17, 15) is 0 Å². The van der Waals surface area contributed by atoms with E-state index in [0.29, 0.717) is 0 Å². The molecular weight excluding hydrogens is 288 g/mol. The summed E-state index contributed by atoms with van der Waals surface area (Å²) in [5.41, 5.74) is 3.15. The van der Waals surface area contributed by atoms with E-state index in [1.807, 2.05) is 0 Å². The van der Waals surface area contributed by atoms with Crippen LogP contribution in [0.4, 0.5) is 0 Å². The van der Waals surface area contributed by atoms with Crippen LogP contribution >= 0.6 is 0 Å². The molecule has 0 aliphatic heterocycles. The lowest BCUT2D eigenvalue weighted by Gasteiger charge is -2.22. The summed E-state index contributed by atoms with van der Waals surface area (Å²) >= 11 is 0. The second-order valence-electron chi connectivity index (χ2n) is 8.01. The van der Waals surface area contributed by atoms with Crippen LogP contribution in [0.15, 0.2) is 24.3 Å². The van der Waals surface area contributed by atoms with Crippen LogP contribution in [-0.2, 0) is 6.42 Å². The van der Waals surface area contributed by atoms with Crippen molar-refractivity contribution in [3.8, 4) is 0 Å². The van der Waals surface area contributed by atoms with Crippen LogP contribution in [0.25, 0.3) is 0 Å². The molecule has 0 N–H and O–H groups in total. The van der Waals surface area contributed by atoms with Crippen molar-refractivity contribution < 1.29 is 0 Å². The smallest absolute Gasteiger partial charge is 0.0162 e. The molecule has 0 heterocycles. The Balaban J connectivity index is 1.50. The molecule has 136 valence electrons. The molecule has 0 bridgehead atoms. The molecule has 24 heavy (non-hydrogen) atoms. The first kappa shape index (κ1) is 19.5. The van der Waals surface area contributed by atoms with Crippen molar-refractivity contribution in [1.29, 1.82) is 0 Å². The zero-order valence-electron chi connectivity index (χ0n) is 16.2. The first-order chi connectivity index (χ1) is 11.9. The number of hydrogen-bond acceptors (Lipinski definition) is 0. The van der Waals surface area contributed by atoms with E-state index in [0.717, 1.165) is 5.92 Å². The van der Waals surface area contributed by atoms with Crippen molar-refractivity contribution in [1.82, 2.24) is 0 Å². The van der Waals surface area contributed by atoms with Gasteiger partial charge >= 0.3 is 0 Å². The highest BCUT2D eigenvalue weighted by Gasteiger charge is 2.14. The Kier molecular flexibility index (Phi) is 10.2. The molecule has 0 unspecified atom stereocenters. The Bertz CT molecular complexity index is 397. The molecule has 2 rings (SSSR count). The maximum absolute atomic E-state index is 2.42. The fourth-order valence-corrected chi connectivity index (χ4v) is 4.21. The molecule has 0 spiro atoms. The monoisotopic (exact) mass is 328 g/mol. The third-order valence-corrected chi connectivity index (χ3v) is 5.88. The van der Waals surface area contributed by atoms with Gasteiger partial charge in [-0.3, -0.25) is 0 Å². The Morgan fingerprint density at radius 1 is 0.667 bits per heavy atom. The Labute approximate surface area is 151 Å². The molecule has 0 radical (unpaired) electrons. The molecule has 0 saturated heterocycles. The average Bonchev–Trinajstić information content (AvgIpc) is 2.64. The lowest BCUT2D eigenvalue weighted by Crippen LogP contribution is -2.04. The minimum absolute atomic E-state index is 0.852. The van der Waals surface area contributed by atoms with Crippen LogP contribution in [0.5, 0.6) is 0 Å². The van der Waals surface area contributed by atoms with Crippen LogP contribution in [0.2, 0.25) is 0 Å². The molecule has 0 amide bonds. The summed E-state index contributed by atoms with van der Waals surface area (Å²) < 4.78 is 0. The van der Waals surface area contributed by atoms with E-state index < -0.39 is 0 Å². The molecule has 1 fully saturated rings. The molecule has 1 aliphatic carbocycles. The highest BCUT2D eigenvalue weighted by molar-refractivity contribution is 5.25. The van der Waals surface area contributed by atoms with Gasteiger partial charge in [-0.25, -0.2) is 0 Å². The molecule has 0 aromatic heterocycles. The first-order valence-electron chi connectivity index (χ1n) is 11.0. The number of rotatable bonds is 12. The summed E-state index contributed by atoms with van der Waals surface area (Å²) in [4.78, 5) is 0. The van der Waals surface area contributed by atoms with E-state index in [2.05, 4.69) is 31.2 Å². The van der Waals surface area contributed by atoms with Crippen molar-refractivity contribution >= 4 is 0 Å². The van der Waals surface area contributed by atoms with Gasteiger partial charge in [-0.15, -0.1) is 0 Å². The summed E-state index contributed by atoms with van der Waals surface area (Å²) in [7, 11) is 0. The van der Waals surface area contributed by atoms with Crippen LogP contribution < -0.4 is 0 Å². The quantitative estimate of drug-likeness (QED) is 0.339. The van der Waals surface area contributed by atoms with Gasteiger partial charge in [-0.05, 0) is 42.7 Å². The predicted molar refractivity (Wildman–Crippen MR) is 108 cm³/mol. The van der Waals surface area contributed by atoms with Crippen LogP contribution in [0, 0.1) is 0 Å². The van der Waals surface area contributed by atoms with E-state index in [-0.39, 0.29) is 0 Å². The third-order valence-electron chi connectivity index (χ3n) is 5.88. The van der Waals surface area contributed by atoms with Crippen LogP contribution in [0.1, 0.15) is 120 Å². The second-order valence-corrected chi connectivity index (χ2v) is 8.01. The summed E-state index contributed by atoms with van der Waals surface area (Å²) in [6.45, 7) is 2.30. The van der Waals surface area contributed by atoms with Crippen molar-refractivity contribution in [2.75, 3.05) is 0 Å². The fourth-order valence-electron chi connectivity index (χ4n) is 4.21. The van der Waals surface area contributed by atoms with Gasteiger partial charge in [0.05, 0.1) is 0 Å². The molecule has 1 aliphatic rings. The highest BCUT2D eigenvalue weighted by atomic mass is 14.2. The fraction of sp³-hybridized carbons (Fsp3) is 0.750.